The van der Waals surface area contributed by atoms with Gasteiger partial charge in [0.15, 0.2) is 0 Å². The number of non-ortho nitro benzene ring substituents is 1. The van der Waals surface area contributed by atoms with E-state index in [1.165, 1.54) is 24.3 Å². The first kappa shape index (κ1) is 16.4. The molecule has 0 heterocycles. The van der Waals surface area contributed by atoms with Crippen molar-refractivity contribution in [2.45, 2.75) is 14.0 Å². The van der Waals surface area contributed by atoms with Crippen molar-refractivity contribution >= 4 is 68.4 Å². The molecule has 0 aromatic heterocycles. The van der Waals surface area contributed by atoms with E-state index in [0.29, 0.717) is 18.8 Å². The average Bonchev–Trinajstić information content (AvgIpc) is 2.50. The van der Waals surface area contributed by atoms with Crippen molar-refractivity contribution in [1.82, 2.24) is 0 Å². The van der Waals surface area contributed by atoms with Crippen LogP contribution in [0.5, 0.6) is 0 Å². The SMILES string of the molecule is O=C(O[C@H]1C(Cl)=CC2[C@@H](I)C1[C@@H]2I)c1ccc([N+](=O)[O-])cc1. The number of ether oxygens (including phenoxy) is 1. The Morgan fingerprint density at radius 3 is 2.36 bits per heavy atom. The molecule has 4 rings (SSSR count). The second-order valence-electron chi connectivity index (χ2n) is 5.22. The zero-order chi connectivity index (χ0) is 16.0. The van der Waals surface area contributed by atoms with Gasteiger partial charge in [0.1, 0.15) is 6.10 Å². The Hall–Kier alpha value is -0.420. The molecule has 3 aliphatic rings. The summed E-state index contributed by atoms with van der Waals surface area (Å²) in [5.74, 6) is 0.141. The topological polar surface area (TPSA) is 69.4 Å². The zero-order valence-electron chi connectivity index (χ0n) is 11.0. The Kier molecular flexibility index (Phi) is 4.66. The number of rotatable bonds is 3. The first-order valence-corrected chi connectivity index (χ1v) is 9.38. The van der Waals surface area contributed by atoms with Crippen molar-refractivity contribution in [1.29, 1.82) is 0 Å². The van der Waals surface area contributed by atoms with E-state index in [9.17, 15) is 14.9 Å². The number of hydrogen-bond acceptors (Lipinski definition) is 4. The fourth-order valence-electron chi connectivity index (χ4n) is 2.74. The van der Waals surface area contributed by atoms with Crippen molar-refractivity contribution in [3.05, 3.63) is 51.1 Å². The van der Waals surface area contributed by atoms with Gasteiger partial charge in [0.25, 0.3) is 5.69 Å². The summed E-state index contributed by atoms with van der Waals surface area (Å²) < 4.78 is 6.39. The highest BCUT2D eigenvalue weighted by atomic mass is 127. The average molecular weight is 545 g/mol. The highest BCUT2D eigenvalue weighted by molar-refractivity contribution is 14.1. The lowest BCUT2D eigenvalue weighted by molar-refractivity contribution is -0.384. The van der Waals surface area contributed by atoms with Crippen LogP contribution >= 0.6 is 56.8 Å². The van der Waals surface area contributed by atoms with Gasteiger partial charge in [-0.2, -0.15) is 0 Å². The second-order valence-corrected chi connectivity index (χ2v) is 8.54. The van der Waals surface area contributed by atoms with Gasteiger partial charge in [-0.1, -0.05) is 62.9 Å². The van der Waals surface area contributed by atoms with Gasteiger partial charge in [0, 0.05) is 31.8 Å². The molecule has 5 nitrogen and oxygen atoms in total. The van der Waals surface area contributed by atoms with Crippen LogP contribution in [0, 0.1) is 22.0 Å². The minimum Gasteiger partial charge on any atom is -0.453 e. The Morgan fingerprint density at radius 1 is 1.23 bits per heavy atom. The number of allylic oxidation sites excluding steroid dienone is 1. The lowest BCUT2D eigenvalue weighted by atomic mass is 9.67. The van der Waals surface area contributed by atoms with E-state index in [0.717, 1.165) is 0 Å². The summed E-state index contributed by atoms with van der Waals surface area (Å²) in [6.45, 7) is 0. The lowest BCUT2D eigenvalue weighted by Crippen LogP contribution is -2.57. The van der Waals surface area contributed by atoms with Crippen molar-refractivity contribution in [2.75, 3.05) is 0 Å². The molecule has 0 unspecified atom stereocenters. The number of alkyl halides is 2. The van der Waals surface area contributed by atoms with Gasteiger partial charge in [-0.15, -0.1) is 0 Å². The molecule has 3 aliphatic carbocycles. The highest BCUT2D eigenvalue weighted by Gasteiger charge is 2.56. The lowest BCUT2D eigenvalue weighted by Gasteiger charge is -2.52. The Bertz CT molecular complexity index is 653. The molecule has 1 aromatic rings. The van der Waals surface area contributed by atoms with Crippen LogP contribution < -0.4 is 0 Å². The molecule has 22 heavy (non-hydrogen) atoms. The third-order valence-electron chi connectivity index (χ3n) is 3.99. The molecule has 8 heteroatoms. The van der Waals surface area contributed by atoms with Crippen LogP contribution in [0.1, 0.15) is 10.4 Å². The Labute approximate surface area is 158 Å². The first-order chi connectivity index (χ1) is 10.4. The van der Waals surface area contributed by atoms with Crippen LogP contribution in [-0.4, -0.2) is 24.8 Å². The molecule has 0 aliphatic heterocycles. The molecule has 1 fully saturated rings. The molecule has 0 radical (unpaired) electrons. The number of halogens is 3. The van der Waals surface area contributed by atoms with Gasteiger partial charge in [0.05, 0.1) is 15.5 Å². The standard InChI is InChI=1S/C14H10ClI2NO4/c15-9-5-8-11(16)10(12(8)17)13(9)22-14(19)6-1-3-7(4-2-6)18(20)21/h1-5,8,10-13H/t8?,10?,11-,12-,13+/m1/s1. The Morgan fingerprint density at radius 2 is 1.82 bits per heavy atom. The molecule has 116 valence electrons. The van der Waals surface area contributed by atoms with Gasteiger partial charge < -0.3 is 4.74 Å². The summed E-state index contributed by atoms with van der Waals surface area (Å²) in [6, 6.07) is 5.37. The number of nitrogens with zero attached hydrogens (tertiary/aromatic N) is 1. The third kappa shape index (κ3) is 2.75. The van der Waals surface area contributed by atoms with Crippen molar-refractivity contribution in [3.8, 4) is 0 Å². The number of fused-ring (bicyclic) bond motifs is 1. The van der Waals surface area contributed by atoms with Crippen molar-refractivity contribution in [2.24, 2.45) is 11.8 Å². The van der Waals surface area contributed by atoms with Crippen LogP contribution in [-0.2, 0) is 4.74 Å². The fourth-order valence-corrected chi connectivity index (χ4v) is 7.62. The monoisotopic (exact) mass is 545 g/mol. The van der Waals surface area contributed by atoms with E-state index in [1.807, 2.05) is 6.08 Å². The van der Waals surface area contributed by atoms with Crippen molar-refractivity contribution < 1.29 is 14.5 Å². The normalized spacial score (nSPS) is 32.7. The van der Waals surface area contributed by atoms with Gasteiger partial charge in [-0.05, 0) is 12.1 Å². The summed E-state index contributed by atoms with van der Waals surface area (Å²) in [4.78, 5) is 22.3. The number of carbonyl (C=O) groups is 1. The minimum absolute atomic E-state index is 0.0615. The summed E-state index contributed by atoms with van der Waals surface area (Å²) in [5, 5.41) is 11.2. The largest absolute Gasteiger partial charge is 0.453 e. The van der Waals surface area contributed by atoms with Crippen LogP contribution in [0.4, 0.5) is 5.69 Å². The molecule has 0 spiro atoms. The number of carbonyl (C=O) groups excluding carboxylic acids is 1. The van der Waals surface area contributed by atoms with Gasteiger partial charge in [-0.3, -0.25) is 10.1 Å². The predicted molar refractivity (Wildman–Crippen MR) is 98.8 cm³/mol. The van der Waals surface area contributed by atoms with Gasteiger partial charge >= 0.3 is 5.97 Å². The first-order valence-electron chi connectivity index (χ1n) is 6.51. The molecular formula is C14H10ClI2NO4. The van der Waals surface area contributed by atoms with Crippen LogP contribution in [0.3, 0.4) is 0 Å². The van der Waals surface area contributed by atoms with Gasteiger partial charge in [0.2, 0.25) is 0 Å². The van der Waals surface area contributed by atoms with E-state index in [2.05, 4.69) is 45.2 Å². The molecule has 0 N–H and O–H groups in total. The number of nitro benzene ring substituents is 1. The van der Waals surface area contributed by atoms with Gasteiger partial charge in [-0.25, -0.2) is 4.79 Å². The van der Waals surface area contributed by atoms with E-state index in [1.54, 1.807) is 0 Å². The molecule has 2 bridgehead atoms. The second kappa shape index (κ2) is 6.23. The summed E-state index contributed by atoms with van der Waals surface area (Å²) in [7, 11) is 0. The maximum absolute atomic E-state index is 12.2. The summed E-state index contributed by atoms with van der Waals surface area (Å²) in [5.41, 5.74) is 0.222. The van der Waals surface area contributed by atoms with E-state index in [-0.39, 0.29) is 17.2 Å². The highest BCUT2D eigenvalue weighted by Crippen LogP contribution is 2.54. The number of esters is 1. The zero-order valence-corrected chi connectivity index (χ0v) is 16.1. The van der Waals surface area contributed by atoms with E-state index in [4.69, 9.17) is 16.3 Å². The third-order valence-corrected chi connectivity index (χ3v) is 7.65. The molecule has 3 atom stereocenters. The predicted octanol–water partition coefficient (Wildman–Crippen LogP) is 4.11. The molecule has 0 saturated heterocycles. The summed E-state index contributed by atoms with van der Waals surface area (Å²) in [6.07, 6.45) is 1.54. The van der Waals surface area contributed by atoms with E-state index < -0.39 is 17.0 Å². The van der Waals surface area contributed by atoms with Crippen molar-refractivity contribution in [3.63, 3.8) is 0 Å². The smallest absolute Gasteiger partial charge is 0.338 e. The fraction of sp³-hybridized carbons (Fsp3) is 0.357. The van der Waals surface area contributed by atoms with Crippen LogP contribution in [0.25, 0.3) is 0 Å². The molecule has 1 aromatic carbocycles. The maximum atomic E-state index is 12.2. The minimum atomic E-state index is -0.510. The van der Waals surface area contributed by atoms with Crippen LogP contribution in [0.15, 0.2) is 35.4 Å². The molecule has 0 amide bonds. The Balaban J connectivity index is 1.75. The number of hydrogen-bond donors (Lipinski definition) is 0. The number of nitro groups is 1. The quantitative estimate of drug-likeness (QED) is 0.189. The molecular weight excluding hydrogens is 535 g/mol. The van der Waals surface area contributed by atoms with E-state index >= 15 is 0 Å². The number of benzene rings is 1. The molecule has 1 saturated carbocycles. The maximum Gasteiger partial charge on any atom is 0.338 e. The van der Waals surface area contributed by atoms with Crippen LogP contribution in [0.2, 0.25) is 0 Å². The summed E-state index contributed by atoms with van der Waals surface area (Å²) >= 11 is 11.0.